The molecule has 0 atom stereocenters. The molecule has 0 amide bonds. The molecule has 0 bridgehead atoms. The molecular weight excluding hydrogens is 170 g/mol. The molecule has 1 aromatic heterocycles. The summed E-state index contributed by atoms with van der Waals surface area (Å²) in [6, 6.07) is 1.42. The summed E-state index contributed by atoms with van der Waals surface area (Å²) < 4.78 is 0. The second-order valence-electron chi connectivity index (χ2n) is 2.60. The summed E-state index contributed by atoms with van der Waals surface area (Å²) in [5.41, 5.74) is 0.634. The predicted molar refractivity (Wildman–Crippen MR) is 45.7 cm³/mol. The molecule has 1 rings (SSSR count). The fourth-order valence-corrected chi connectivity index (χ4v) is 0.876. The quantitative estimate of drug-likeness (QED) is 0.684. The van der Waals surface area contributed by atoms with E-state index in [9.17, 15) is 9.59 Å². The lowest BCUT2D eigenvalue weighted by Crippen LogP contribution is -2.06. The van der Waals surface area contributed by atoms with Gasteiger partial charge in [0.05, 0.1) is 0 Å². The van der Waals surface area contributed by atoms with E-state index in [0.717, 1.165) is 0 Å². The summed E-state index contributed by atoms with van der Waals surface area (Å²) >= 11 is 0. The maximum Gasteiger partial charge on any atom is 0.189 e. The van der Waals surface area contributed by atoms with Crippen molar-refractivity contribution in [1.29, 1.82) is 0 Å². The third-order valence-corrected chi connectivity index (χ3v) is 1.61. The van der Waals surface area contributed by atoms with Crippen LogP contribution in [-0.4, -0.2) is 28.3 Å². The molecule has 0 unspecified atom stereocenters. The monoisotopic (exact) mass is 179 g/mol. The zero-order chi connectivity index (χ0) is 9.84. The Labute approximate surface area is 75.2 Å². The lowest BCUT2D eigenvalue weighted by molar-refractivity contribution is 0.0903. The van der Waals surface area contributed by atoms with Gasteiger partial charge in [0, 0.05) is 23.5 Å². The van der Waals surface area contributed by atoms with Crippen molar-refractivity contribution in [2.24, 2.45) is 0 Å². The maximum absolute atomic E-state index is 11.0. The van der Waals surface area contributed by atoms with Crippen LogP contribution in [0.5, 0.6) is 0 Å². The molecule has 68 valence electrons. The highest BCUT2D eigenvalue weighted by molar-refractivity contribution is 6.00. The van der Waals surface area contributed by atoms with Gasteiger partial charge in [0.25, 0.3) is 0 Å². The number of aliphatic hydroxyl groups excluding tert-OH is 1. The minimum atomic E-state index is -0.566. The van der Waals surface area contributed by atoms with Crippen molar-refractivity contribution < 1.29 is 14.7 Å². The normalized spacial score (nSPS) is 9.69. The van der Waals surface area contributed by atoms with Crippen LogP contribution >= 0.6 is 0 Å². The number of Topliss-reactive ketones (excluding diaryl/α,β-unsaturated/α-hetero) is 2. The van der Waals surface area contributed by atoms with Crippen LogP contribution in [0, 0.1) is 0 Å². The van der Waals surface area contributed by atoms with Gasteiger partial charge in [-0.2, -0.15) is 0 Å². The number of nitrogens with zero attached hydrogens (tertiary/aromatic N) is 1. The van der Waals surface area contributed by atoms with Crippen LogP contribution in [0.4, 0.5) is 0 Å². The predicted octanol–water partition coefficient (Wildman–Crippen LogP) is 0.459. The number of hydrogen-bond donors (Lipinski definition) is 1. The third kappa shape index (κ3) is 2.19. The number of carbonyl (C=O) groups is 2. The summed E-state index contributed by atoms with van der Waals surface area (Å²) in [5, 5.41) is 8.56. The van der Waals surface area contributed by atoms with Crippen LogP contribution < -0.4 is 0 Å². The summed E-state index contributed by atoms with van der Waals surface area (Å²) in [5.74, 6) is -0.587. The van der Waals surface area contributed by atoms with Crippen LogP contribution in [0.15, 0.2) is 18.5 Å². The number of aromatic nitrogens is 1. The van der Waals surface area contributed by atoms with E-state index in [1.165, 1.54) is 25.4 Å². The van der Waals surface area contributed by atoms with Gasteiger partial charge in [-0.05, 0) is 13.0 Å². The first-order valence-corrected chi connectivity index (χ1v) is 3.75. The summed E-state index contributed by atoms with van der Waals surface area (Å²) in [4.78, 5) is 25.6. The molecule has 0 spiro atoms. The first kappa shape index (κ1) is 9.54. The number of ketones is 2. The van der Waals surface area contributed by atoms with Gasteiger partial charge in [-0.25, -0.2) is 0 Å². The molecule has 4 heteroatoms. The fraction of sp³-hybridized carbons (Fsp3) is 0.222. The molecular formula is C9H9NO3. The fourth-order valence-electron chi connectivity index (χ4n) is 0.876. The average molecular weight is 179 g/mol. The highest BCUT2D eigenvalue weighted by Crippen LogP contribution is 2.03. The highest BCUT2D eigenvalue weighted by atomic mass is 16.3. The van der Waals surface area contributed by atoms with Crippen LogP contribution in [0.2, 0.25) is 0 Å². The minimum Gasteiger partial charge on any atom is -0.388 e. The zero-order valence-electron chi connectivity index (χ0n) is 7.15. The number of rotatable bonds is 3. The van der Waals surface area contributed by atoms with Gasteiger partial charge >= 0.3 is 0 Å². The highest BCUT2D eigenvalue weighted by Gasteiger charge is 2.07. The second kappa shape index (κ2) is 3.91. The minimum absolute atomic E-state index is 0.153. The molecule has 0 aliphatic rings. The molecule has 0 saturated heterocycles. The topological polar surface area (TPSA) is 67.3 Å². The van der Waals surface area contributed by atoms with Gasteiger partial charge in [0.15, 0.2) is 11.6 Å². The van der Waals surface area contributed by atoms with Gasteiger partial charge in [-0.15, -0.1) is 0 Å². The van der Waals surface area contributed by atoms with Gasteiger partial charge in [0.1, 0.15) is 6.61 Å². The Balaban J connectivity index is 3.05. The van der Waals surface area contributed by atoms with E-state index < -0.39 is 12.4 Å². The molecule has 13 heavy (non-hydrogen) atoms. The number of aliphatic hydroxyl groups is 1. The van der Waals surface area contributed by atoms with Crippen LogP contribution in [-0.2, 0) is 0 Å². The molecule has 1 N–H and O–H groups in total. The number of carbonyl (C=O) groups excluding carboxylic acids is 2. The number of hydrogen-bond acceptors (Lipinski definition) is 4. The van der Waals surface area contributed by atoms with Crippen LogP contribution in [0.3, 0.4) is 0 Å². The Bertz CT molecular complexity index is 346. The summed E-state index contributed by atoms with van der Waals surface area (Å²) in [6.07, 6.45) is 2.71. The first-order valence-electron chi connectivity index (χ1n) is 3.75. The second-order valence-corrected chi connectivity index (χ2v) is 2.60. The molecule has 4 nitrogen and oxygen atoms in total. The summed E-state index contributed by atoms with van der Waals surface area (Å²) in [7, 11) is 0. The van der Waals surface area contributed by atoms with Crippen LogP contribution in [0.1, 0.15) is 27.6 Å². The van der Waals surface area contributed by atoms with E-state index in [1.807, 2.05) is 0 Å². The largest absolute Gasteiger partial charge is 0.388 e. The van der Waals surface area contributed by atoms with E-state index in [4.69, 9.17) is 5.11 Å². The van der Waals surface area contributed by atoms with E-state index in [2.05, 4.69) is 4.98 Å². The van der Waals surface area contributed by atoms with Gasteiger partial charge in [-0.3, -0.25) is 14.6 Å². The van der Waals surface area contributed by atoms with Crippen molar-refractivity contribution in [3.8, 4) is 0 Å². The van der Waals surface area contributed by atoms with Gasteiger partial charge < -0.3 is 5.11 Å². The Hall–Kier alpha value is -1.55. The van der Waals surface area contributed by atoms with Gasteiger partial charge in [-0.1, -0.05) is 0 Å². The van der Waals surface area contributed by atoms with E-state index >= 15 is 0 Å². The molecule has 0 saturated carbocycles. The molecule has 1 heterocycles. The van der Waals surface area contributed by atoms with Crippen molar-refractivity contribution in [2.75, 3.05) is 6.61 Å². The Morgan fingerprint density at radius 3 is 2.54 bits per heavy atom. The molecule has 0 radical (unpaired) electrons. The van der Waals surface area contributed by atoms with Crippen molar-refractivity contribution in [3.05, 3.63) is 29.6 Å². The first-order chi connectivity index (χ1) is 6.15. The lowest BCUT2D eigenvalue weighted by Gasteiger charge is -1.98. The van der Waals surface area contributed by atoms with E-state index in [0.29, 0.717) is 5.56 Å². The molecule has 1 aromatic rings. The lowest BCUT2D eigenvalue weighted by atomic mass is 10.1. The molecule has 0 fully saturated rings. The third-order valence-electron chi connectivity index (χ3n) is 1.61. The van der Waals surface area contributed by atoms with Gasteiger partial charge in [0.2, 0.25) is 0 Å². The van der Waals surface area contributed by atoms with Crippen LogP contribution in [0.25, 0.3) is 0 Å². The maximum atomic E-state index is 11.0. The van der Waals surface area contributed by atoms with Crippen molar-refractivity contribution in [1.82, 2.24) is 4.98 Å². The Morgan fingerprint density at radius 1 is 1.38 bits per heavy atom. The Kier molecular flexibility index (Phi) is 2.87. The SMILES string of the molecule is CC(=O)c1cncc(C(=O)CO)c1. The smallest absolute Gasteiger partial charge is 0.189 e. The van der Waals surface area contributed by atoms with Crippen molar-refractivity contribution in [2.45, 2.75) is 6.92 Å². The van der Waals surface area contributed by atoms with Crippen molar-refractivity contribution in [3.63, 3.8) is 0 Å². The molecule has 0 aliphatic heterocycles. The molecule has 0 aliphatic carbocycles. The Morgan fingerprint density at radius 2 is 2.00 bits per heavy atom. The molecule has 0 aromatic carbocycles. The zero-order valence-corrected chi connectivity index (χ0v) is 7.15. The standard InChI is InChI=1S/C9H9NO3/c1-6(12)7-2-8(4-10-3-7)9(13)5-11/h2-4,11H,5H2,1H3. The average Bonchev–Trinajstić information content (AvgIpc) is 2.17. The number of pyridine rings is 1. The summed E-state index contributed by atoms with van der Waals surface area (Å²) in [6.45, 7) is 0.827. The van der Waals surface area contributed by atoms with Crippen molar-refractivity contribution >= 4 is 11.6 Å². The van der Waals surface area contributed by atoms with E-state index in [-0.39, 0.29) is 11.3 Å². The van der Waals surface area contributed by atoms with E-state index in [1.54, 1.807) is 0 Å².